The quantitative estimate of drug-likeness (QED) is 0.446. The van der Waals surface area contributed by atoms with E-state index in [2.05, 4.69) is 20.6 Å². The summed E-state index contributed by atoms with van der Waals surface area (Å²) < 4.78 is 31.2. The Morgan fingerprint density at radius 3 is 2.71 bits per heavy atom. The van der Waals surface area contributed by atoms with Crippen molar-refractivity contribution < 1.29 is 23.4 Å². The van der Waals surface area contributed by atoms with Gasteiger partial charge in [-0.05, 0) is 50.8 Å². The van der Waals surface area contributed by atoms with Crippen LogP contribution in [0.5, 0.6) is 11.5 Å². The fraction of sp³-hybridized carbons (Fsp3) is 0.375. The maximum Gasteiger partial charge on any atom is 0.407 e. The zero-order valence-corrected chi connectivity index (χ0v) is 19.7. The van der Waals surface area contributed by atoms with Crippen LogP contribution in [-0.2, 0) is 4.74 Å². The van der Waals surface area contributed by atoms with Crippen LogP contribution in [0.15, 0.2) is 36.7 Å². The van der Waals surface area contributed by atoms with Crippen molar-refractivity contribution in [3.05, 3.63) is 47.5 Å². The molecule has 1 heterocycles. The molecule has 0 atom stereocenters. The Labute approximate surface area is 201 Å². The molecule has 0 unspecified atom stereocenters. The minimum Gasteiger partial charge on any atom is -0.493 e. The van der Waals surface area contributed by atoms with Crippen LogP contribution in [-0.4, -0.2) is 41.9 Å². The van der Waals surface area contributed by atoms with Crippen molar-refractivity contribution in [1.29, 1.82) is 0 Å². The van der Waals surface area contributed by atoms with E-state index in [0.29, 0.717) is 34.8 Å². The monoisotopic (exact) mass is 488 g/mol. The highest BCUT2D eigenvalue weighted by Crippen LogP contribution is 2.37. The van der Waals surface area contributed by atoms with Crippen LogP contribution < -0.4 is 20.1 Å². The van der Waals surface area contributed by atoms with E-state index in [4.69, 9.17) is 25.8 Å². The summed E-state index contributed by atoms with van der Waals surface area (Å²) >= 11 is 5.91. The van der Waals surface area contributed by atoms with Crippen LogP contribution in [0.4, 0.5) is 20.7 Å². The first-order valence-electron chi connectivity index (χ1n) is 11.1. The van der Waals surface area contributed by atoms with Gasteiger partial charge in [0.2, 0.25) is 0 Å². The summed E-state index contributed by atoms with van der Waals surface area (Å²) in [4.78, 5) is 20.3. The lowest BCUT2D eigenvalue weighted by molar-refractivity contribution is 0.120. The van der Waals surface area contributed by atoms with Crippen molar-refractivity contribution in [2.45, 2.75) is 44.8 Å². The Hall–Kier alpha value is -3.33. The molecule has 2 aromatic carbocycles. The molecule has 8 nitrogen and oxygen atoms in total. The number of aromatic nitrogens is 2. The molecule has 0 spiro atoms. The number of carbonyl (C=O) groups excluding carboxylic acids is 1. The molecule has 3 aromatic rings. The number of hydrogen-bond acceptors (Lipinski definition) is 7. The van der Waals surface area contributed by atoms with E-state index in [-0.39, 0.29) is 28.9 Å². The largest absolute Gasteiger partial charge is 0.493 e. The predicted molar refractivity (Wildman–Crippen MR) is 128 cm³/mol. The number of amides is 1. The Balaban J connectivity index is 1.53. The lowest BCUT2D eigenvalue weighted by atomic mass is 9.93. The van der Waals surface area contributed by atoms with Crippen molar-refractivity contribution in [2.75, 3.05) is 19.0 Å². The second kappa shape index (κ2) is 10.7. The summed E-state index contributed by atoms with van der Waals surface area (Å²) in [6.07, 6.45) is 4.06. The maximum absolute atomic E-state index is 14.4. The van der Waals surface area contributed by atoms with Crippen LogP contribution >= 0.6 is 11.6 Å². The lowest BCUT2D eigenvalue weighted by Crippen LogP contribution is -2.40. The third kappa shape index (κ3) is 5.41. The summed E-state index contributed by atoms with van der Waals surface area (Å²) in [5.41, 5.74) is 0.824. The molecular weight excluding hydrogens is 463 g/mol. The molecule has 0 saturated heterocycles. The number of carbonyl (C=O) groups is 1. The number of halogens is 2. The molecule has 180 valence electrons. The Kier molecular flexibility index (Phi) is 7.52. The minimum atomic E-state index is -0.561. The molecular formula is C24H26ClFN4O4. The second-order valence-corrected chi connectivity index (χ2v) is 8.33. The number of alkyl carbamates (subject to hydrolysis) is 1. The van der Waals surface area contributed by atoms with Crippen LogP contribution in [0.25, 0.3) is 10.9 Å². The molecule has 1 fully saturated rings. The molecule has 1 aromatic heterocycles. The number of fused-ring (bicyclic) bond motifs is 1. The topological polar surface area (TPSA) is 94.6 Å². The van der Waals surface area contributed by atoms with Gasteiger partial charge >= 0.3 is 6.09 Å². The summed E-state index contributed by atoms with van der Waals surface area (Å²) in [6.45, 7) is 2.12. The number of hydrogen-bond donors (Lipinski definition) is 2. The third-order valence-electron chi connectivity index (χ3n) is 5.69. The van der Waals surface area contributed by atoms with Gasteiger partial charge in [0.1, 0.15) is 12.1 Å². The smallest absolute Gasteiger partial charge is 0.407 e. The van der Waals surface area contributed by atoms with E-state index in [1.807, 2.05) is 0 Å². The highest BCUT2D eigenvalue weighted by atomic mass is 35.5. The number of nitrogens with zero attached hydrogens (tertiary/aromatic N) is 2. The predicted octanol–water partition coefficient (Wildman–Crippen LogP) is 5.61. The van der Waals surface area contributed by atoms with Crippen molar-refractivity contribution >= 4 is 40.1 Å². The van der Waals surface area contributed by atoms with Crippen LogP contribution in [0.3, 0.4) is 0 Å². The number of ether oxygens (including phenoxy) is 3. The number of rotatable bonds is 7. The molecule has 10 heteroatoms. The number of anilines is 2. The molecule has 1 amide bonds. The lowest BCUT2D eigenvalue weighted by Gasteiger charge is -2.29. The van der Waals surface area contributed by atoms with E-state index in [9.17, 15) is 9.18 Å². The van der Waals surface area contributed by atoms with Crippen LogP contribution in [0.2, 0.25) is 5.02 Å². The van der Waals surface area contributed by atoms with E-state index in [0.717, 1.165) is 25.7 Å². The van der Waals surface area contributed by atoms with Crippen LogP contribution in [0.1, 0.15) is 32.6 Å². The van der Waals surface area contributed by atoms with Crippen molar-refractivity contribution in [3.63, 3.8) is 0 Å². The van der Waals surface area contributed by atoms with Gasteiger partial charge in [-0.15, -0.1) is 0 Å². The number of nitrogens with one attached hydrogen (secondary N) is 2. The van der Waals surface area contributed by atoms with Gasteiger partial charge in [-0.25, -0.2) is 19.2 Å². The zero-order valence-electron chi connectivity index (χ0n) is 18.9. The van der Waals surface area contributed by atoms with Gasteiger partial charge in [0.25, 0.3) is 0 Å². The van der Waals surface area contributed by atoms with Gasteiger partial charge in [-0.1, -0.05) is 17.7 Å². The van der Waals surface area contributed by atoms with E-state index in [1.165, 1.54) is 12.4 Å². The highest BCUT2D eigenvalue weighted by molar-refractivity contribution is 6.31. The second-order valence-electron chi connectivity index (χ2n) is 7.93. The Bertz CT molecular complexity index is 1170. The average molecular weight is 489 g/mol. The molecule has 2 N–H and O–H groups in total. The molecule has 1 aliphatic carbocycles. The molecule has 0 aliphatic heterocycles. The van der Waals surface area contributed by atoms with Gasteiger partial charge in [-0.3, -0.25) is 0 Å². The van der Waals surface area contributed by atoms with Crippen molar-refractivity contribution in [3.8, 4) is 11.5 Å². The molecule has 0 radical (unpaired) electrons. The van der Waals surface area contributed by atoms with Gasteiger partial charge in [0, 0.05) is 17.5 Å². The van der Waals surface area contributed by atoms with E-state index >= 15 is 0 Å². The number of methoxy groups -OCH3 is 1. The summed E-state index contributed by atoms with van der Waals surface area (Å²) in [5, 5.41) is 6.55. The standard InChI is InChI=1S/C24H26ClFN4O4/c1-3-33-24(31)29-14-7-9-15(10-8-14)34-21-11-16-19(12-20(21)32-2)27-13-28-23(16)30-18-6-4-5-17(25)22(18)26/h4-6,11-15H,3,7-10H2,1-2H3,(H,29,31)(H,27,28,30)/t14-,15+. The van der Waals surface area contributed by atoms with Gasteiger partial charge < -0.3 is 24.8 Å². The van der Waals surface area contributed by atoms with Gasteiger partial charge in [0.15, 0.2) is 17.3 Å². The molecule has 1 aliphatic rings. The van der Waals surface area contributed by atoms with Crippen LogP contribution in [0, 0.1) is 5.82 Å². The molecule has 34 heavy (non-hydrogen) atoms. The highest BCUT2D eigenvalue weighted by Gasteiger charge is 2.25. The number of benzene rings is 2. The van der Waals surface area contributed by atoms with E-state index < -0.39 is 5.82 Å². The third-order valence-corrected chi connectivity index (χ3v) is 5.98. The summed E-state index contributed by atoms with van der Waals surface area (Å²) in [6, 6.07) is 8.34. The maximum atomic E-state index is 14.4. The van der Waals surface area contributed by atoms with Crippen molar-refractivity contribution in [2.24, 2.45) is 0 Å². The molecule has 1 saturated carbocycles. The van der Waals surface area contributed by atoms with Gasteiger partial charge in [-0.2, -0.15) is 0 Å². The van der Waals surface area contributed by atoms with Crippen molar-refractivity contribution in [1.82, 2.24) is 15.3 Å². The normalized spacial score (nSPS) is 17.8. The fourth-order valence-corrected chi connectivity index (χ4v) is 4.16. The van der Waals surface area contributed by atoms with Gasteiger partial charge in [0.05, 0.1) is 36.0 Å². The average Bonchev–Trinajstić information content (AvgIpc) is 2.83. The first-order valence-corrected chi connectivity index (χ1v) is 11.5. The molecule has 0 bridgehead atoms. The Morgan fingerprint density at radius 2 is 1.97 bits per heavy atom. The SMILES string of the molecule is CCOC(=O)N[C@H]1CC[C@@H](Oc2cc3c(Nc4cccc(Cl)c4F)ncnc3cc2OC)CC1. The van der Waals surface area contributed by atoms with E-state index in [1.54, 1.807) is 38.3 Å². The summed E-state index contributed by atoms with van der Waals surface area (Å²) in [5.74, 6) is 0.939. The molecule has 4 rings (SSSR count). The first-order chi connectivity index (χ1) is 16.5. The fourth-order valence-electron chi connectivity index (χ4n) is 3.99. The summed E-state index contributed by atoms with van der Waals surface area (Å²) in [7, 11) is 1.57. The first kappa shape index (κ1) is 23.8. The zero-order chi connectivity index (χ0) is 24.1. The Morgan fingerprint density at radius 1 is 1.18 bits per heavy atom. The minimum absolute atomic E-state index is 0.0158.